The second-order valence-corrected chi connectivity index (χ2v) is 8.85. The predicted octanol–water partition coefficient (Wildman–Crippen LogP) is 5.70. The fourth-order valence-corrected chi connectivity index (χ4v) is 5.03. The van der Waals surface area contributed by atoms with Gasteiger partial charge in [-0.05, 0) is 102 Å². The number of carbonyl (C=O) groups excluding carboxylic acids is 1. The number of amidine groups is 1. The lowest BCUT2D eigenvalue weighted by Crippen LogP contribution is -2.35. The number of hydrogen-bond donors (Lipinski definition) is 0. The number of carbonyl (C=O) groups is 1. The highest BCUT2D eigenvalue weighted by atomic mass is 79.9. The number of nitrogens with zero attached hydrogens (tertiary/aromatic N) is 2. The number of hydrogen-bond acceptors (Lipinski definition) is 4. The van der Waals surface area contributed by atoms with E-state index in [1.807, 2.05) is 52.8 Å². The Balaban J connectivity index is 2.40. The number of ether oxygens (including phenoxy) is 1. The Morgan fingerprint density at radius 1 is 1.24 bits per heavy atom. The van der Waals surface area contributed by atoms with Crippen LogP contribution in [0.15, 0.2) is 31.0 Å². The van der Waals surface area contributed by atoms with E-state index in [-0.39, 0.29) is 18.0 Å². The van der Waals surface area contributed by atoms with Crippen molar-refractivity contribution in [2.45, 2.75) is 46.7 Å². The van der Waals surface area contributed by atoms with Crippen LogP contribution in [0.5, 0.6) is 5.75 Å². The molecule has 0 aliphatic carbocycles. The van der Waals surface area contributed by atoms with E-state index >= 15 is 0 Å². The Kier molecular flexibility index (Phi) is 7.17. The topological polar surface area (TPSA) is 41.9 Å². The van der Waals surface area contributed by atoms with Gasteiger partial charge >= 0.3 is 0 Å². The maximum absolute atomic E-state index is 12.8. The van der Waals surface area contributed by atoms with Gasteiger partial charge in [-0.2, -0.15) is 0 Å². The number of benzene rings is 1. The van der Waals surface area contributed by atoms with Gasteiger partial charge in [0.05, 0.1) is 20.5 Å². The molecule has 1 amide bonds. The van der Waals surface area contributed by atoms with Crippen molar-refractivity contribution in [3.8, 4) is 5.75 Å². The van der Waals surface area contributed by atoms with E-state index in [1.54, 1.807) is 4.90 Å². The fourth-order valence-electron chi connectivity index (χ4n) is 2.35. The van der Waals surface area contributed by atoms with Crippen molar-refractivity contribution >= 4 is 60.8 Å². The van der Waals surface area contributed by atoms with Gasteiger partial charge in [-0.15, -0.1) is 0 Å². The molecule has 1 aromatic carbocycles. The fraction of sp³-hybridized carbons (Fsp3) is 0.444. The Hall–Kier alpha value is -0.790. The largest absolute Gasteiger partial charge is 0.492 e. The molecule has 1 fully saturated rings. The van der Waals surface area contributed by atoms with E-state index in [0.717, 1.165) is 25.4 Å². The first-order valence-corrected chi connectivity index (χ1v) is 10.6. The number of aliphatic imine (C=N–C) groups is 1. The van der Waals surface area contributed by atoms with Crippen LogP contribution in [0, 0.1) is 0 Å². The molecule has 1 aromatic rings. The molecule has 0 N–H and O–H groups in total. The van der Waals surface area contributed by atoms with Gasteiger partial charge in [-0.1, -0.05) is 0 Å². The summed E-state index contributed by atoms with van der Waals surface area (Å²) in [5.74, 6) is 0.765. The zero-order chi connectivity index (χ0) is 18.7. The Bertz CT molecular complexity index is 707. The molecule has 136 valence electrons. The zero-order valence-corrected chi connectivity index (χ0v) is 19.0. The molecule has 0 unspecified atom stereocenters. The van der Waals surface area contributed by atoms with Crippen molar-refractivity contribution < 1.29 is 9.53 Å². The molecule has 0 bridgehead atoms. The van der Waals surface area contributed by atoms with Crippen LogP contribution in [-0.4, -0.2) is 34.7 Å². The molecule has 0 aromatic heterocycles. The van der Waals surface area contributed by atoms with Gasteiger partial charge in [0.15, 0.2) is 5.17 Å². The summed E-state index contributed by atoms with van der Waals surface area (Å²) in [4.78, 5) is 19.8. The maximum atomic E-state index is 12.8. The van der Waals surface area contributed by atoms with Crippen LogP contribution >= 0.6 is 43.6 Å². The molecule has 0 radical (unpaired) electrons. The van der Waals surface area contributed by atoms with E-state index in [4.69, 9.17) is 4.74 Å². The van der Waals surface area contributed by atoms with E-state index < -0.39 is 0 Å². The predicted molar refractivity (Wildman–Crippen MR) is 113 cm³/mol. The third-order valence-electron chi connectivity index (χ3n) is 3.33. The van der Waals surface area contributed by atoms with Gasteiger partial charge in [0.25, 0.3) is 5.91 Å². The summed E-state index contributed by atoms with van der Waals surface area (Å²) in [7, 11) is 0. The first kappa shape index (κ1) is 20.5. The number of amides is 1. The molecule has 0 spiro atoms. The molecule has 4 nitrogen and oxygen atoms in total. The summed E-state index contributed by atoms with van der Waals surface area (Å²) in [6.45, 7) is 10.6. The van der Waals surface area contributed by atoms with Gasteiger partial charge in [-0.3, -0.25) is 14.7 Å². The lowest BCUT2D eigenvalue weighted by Gasteiger charge is -2.20. The summed E-state index contributed by atoms with van der Waals surface area (Å²) >= 11 is 8.50. The van der Waals surface area contributed by atoms with Crippen LogP contribution in [0.4, 0.5) is 0 Å². The molecular weight excluding hydrogens is 468 g/mol. The molecule has 2 rings (SSSR count). The van der Waals surface area contributed by atoms with Crippen LogP contribution < -0.4 is 4.74 Å². The SMILES string of the molecule is CCOc1c(Br)cc(/C=C2/SC(=NC(C)C)N(C(C)C)C2=O)cc1Br. The monoisotopic (exact) mass is 488 g/mol. The lowest BCUT2D eigenvalue weighted by atomic mass is 10.2. The highest BCUT2D eigenvalue weighted by Gasteiger charge is 2.35. The minimum atomic E-state index is 0.000490. The third kappa shape index (κ3) is 4.89. The van der Waals surface area contributed by atoms with Crippen LogP contribution in [-0.2, 0) is 4.79 Å². The zero-order valence-electron chi connectivity index (χ0n) is 15.0. The van der Waals surface area contributed by atoms with Crippen molar-refractivity contribution in [3.05, 3.63) is 31.5 Å². The van der Waals surface area contributed by atoms with E-state index in [2.05, 4.69) is 36.9 Å². The van der Waals surface area contributed by atoms with Gasteiger partial charge in [0.1, 0.15) is 5.75 Å². The maximum Gasteiger partial charge on any atom is 0.266 e. The van der Waals surface area contributed by atoms with Gasteiger partial charge < -0.3 is 4.74 Å². The summed E-state index contributed by atoms with van der Waals surface area (Å²) in [6.07, 6.45) is 1.90. The molecule has 0 saturated carbocycles. The van der Waals surface area contributed by atoms with Crippen LogP contribution in [0.1, 0.15) is 40.2 Å². The van der Waals surface area contributed by atoms with Crippen LogP contribution in [0.3, 0.4) is 0 Å². The van der Waals surface area contributed by atoms with Crippen molar-refractivity contribution in [1.29, 1.82) is 0 Å². The molecule has 25 heavy (non-hydrogen) atoms. The molecule has 1 aliphatic heterocycles. The molecule has 7 heteroatoms. The summed E-state index contributed by atoms with van der Waals surface area (Å²) < 4.78 is 7.31. The van der Waals surface area contributed by atoms with Gasteiger partial charge in [0, 0.05) is 12.1 Å². The highest BCUT2D eigenvalue weighted by Crippen LogP contribution is 2.38. The summed E-state index contributed by atoms with van der Waals surface area (Å²) in [5, 5.41) is 0.769. The third-order valence-corrected chi connectivity index (χ3v) is 5.50. The smallest absolute Gasteiger partial charge is 0.266 e. The van der Waals surface area contributed by atoms with Crippen molar-refractivity contribution in [1.82, 2.24) is 4.90 Å². The van der Waals surface area contributed by atoms with Gasteiger partial charge in [-0.25, -0.2) is 0 Å². The summed E-state index contributed by atoms with van der Waals surface area (Å²) in [6, 6.07) is 4.12. The standard InChI is InChI=1S/C18H22Br2N2O2S/c1-6-24-16-13(19)7-12(8-14(16)20)9-15-17(23)22(11(4)5)18(25-15)21-10(2)3/h7-11H,6H2,1-5H3/b15-9+,21-18?. The highest BCUT2D eigenvalue weighted by molar-refractivity contribution is 9.11. The van der Waals surface area contributed by atoms with Gasteiger partial charge in [0.2, 0.25) is 0 Å². The average Bonchev–Trinajstić information content (AvgIpc) is 2.78. The van der Waals surface area contributed by atoms with E-state index in [0.29, 0.717) is 11.5 Å². The minimum absolute atomic E-state index is 0.000490. The van der Waals surface area contributed by atoms with E-state index in [9.17, 15) is 4.79 Å². The molecule has 1 saturated heterocycles. The van der Waals surface area contributed by atoms with Crippen molar-refractivity contribution in [2.24, 2.45) is 4.99 Å². The van der Waals surface area contributed by atoms with E-state index in [1.165, 1.54) is 11.8 Å². The van der Waals surface area contributed by atoms with Crippen LogP contribution in [0.25, 0.3) is 6.08 Å². The molecule has 1 heterocycles. The number of thioether (sulfide) groups is 1. The number of halogens is 2. The lowest BCUT2D eigenvalue weighted by molar-refractivity contribution is -0.123. The second kappa shape index (κ2) is 8.73. The average molecular weight is 490 g/mol. The Morgan fingerprint density at radius 2 is 1.84 bits per heavy atom. The molecular formula is C18H22Br2N2O2S. The Labute approximate surface area is 170 Å². The quantitative estimate of drug-likeness (QED) is 0.498. The normalized spacial score (nSPS) is 18.3. The second-order valence-electron chi connectivity index (χ2n) is 6.13. The number of rotatable bonds is 5. The first-order valence-electron chi connectivity index (χ1n) is 8.17. The summed E-state index contributed by atoms with van der Waals surface area (Å²) in [5.41, 5.74) is 0.924. The van der Waals surface area contributed by atoms with Crippen molar-refractivity contribution in [3.63, 3.8) is 0 Å². The first-order chi connectivity index (χ1) is 11.7. The van der Waals surface area contributed by atoms with Crippen molar-refractivity contribution in [2.75, 3.05) is 6.61 Å². The van der Waals surface area contributed by atoms with Crippen LogP contribution in [0.2, 0.25) is 0 Å². The Morgan fingerprint density at radius 3 is 2.32 bits per heavy atom. The molecule has 1 aliphatic rings. The minimum Gasteiger partial charge on any atom is -0.492 e. The molecule has 0 atom stereocenters.